The second kappa shape index (κ2) is 3.87. The average Bonchev–Trinajstić information content (AvgIpc) is 2.49. The Morgan fingerprint density at radius 1 is 1.83 bits per heavy atom. The van der Waals surface area contributed by atoms with Crippen LogP contribution in [0.4, 0.5) is 0 Å². The molecule has 0 radical (unpaired) electrons. The van der Waals surface area contributed by atoms with Crippen LogP contribution in [0.5, 0.6) is 0 Å². The van der Waals surface area contributed by atoms with Gasteiger partial charge < -0.3 is 5.32 Å². The number of aryl methyl sites for hydroxylation is 1. The van der Waals surface area contributed by atoms with Crippen molar-refractivity contribution in [2.45, 2.75) is 12.3 Å². The maximum Gasteiger partial charge on any atom is 0.244 e. The number of nitrogens with one attached hydrogen (secondary N) is 1. The predicted molar refractivity (Wildman–Crippen MR) is 49.5 cm³/mol. The van der Waals surface area contributed by atoms with Gasteiger partial charge in [-0.3, -0.25) is 4.79 Å². The minimum atomic E-state index is -0.659. The van der Waals surface area contributed by atoms with Gasteiger partial charge in [0.2, 0.25) is 5.91 Å². The molecule has 0 aliphatic rings. The SMILES string of the molecule is CNC(=O)C(Cl)c1ncc(C)s1. The van der Waals surface area contributed by atoms with E-state index in [0.29, 0.717) is 5.01 Å². The Hall–Kier alpha value is -0.610. The van der Waals surface area contributed by atoms with Crippen LogP contribution in [0.25, 0.3) is 0 Å². The number of rotatable bonds is 2. The number of likely N-dealkylation sites (N-methyl/N-ethyl adjacent to an activating group) is 1. The molecular formula is C7H9ClN2OS. The highest BCUT2D eigenvalue weighted by atomic mass is 35.5. The van der Waals surface area contributed by atoms with Crippen LogP contribution < -0.4 is 5.32 Å². The quantitative estimate of drug-likeness (QED) is 0.742. The molecule has 1 N–H and O–H groups in total. The molecule has 0 aliphatic carbocycles. The number of thiazole rings is 1. The maximum absolute atomic E-state index is 11.0. The first kappa shape index (κ1) is 9.48. The van der Waals surface area contributed by atoms with Gasteiger partial charge in [0.05, 0.1) is 0 Å². The molecule has 1 unspecified atom stereocenters. The molecule has 12 heavy (non-hydrogen) atoms. The zero-order chi connectivity index (χ0) is 9.14. The summed E-state index contributed by atoms with van der Waals surface area (Å²) in [5.41, 5.74) is 0. The second-order valence-corrected chi connectivity index (χ2v) is 3.99. The highest BCUT2D eigenvalue weighted by Gasteiger charge is 2.18. The topological polar surface area (TPSA) is 42.0 Å². The van der Waals surface area contributed by atoms with Gasteiger partial charge in [-0.15, -0.1) is 22.9 Å². The van der Waals surface area contributed by atoms with Gasteiger partial charge in [-0.25, -0.2) is 4.98 Å². The number of carbonyl (C=O) groups excluding carboxylic acids is 1. The summed E-state index contributed by atoms with van der Waals surface area (Å²) in [6.45, 7) is 1.93. The fourth-order valence-electron chi connectivity index (χ4n) is 0.728. The third kappa shape index (κ3) is 1.95. The zero-order valence-corrected chi connectivity index (χ0v) is 8.37. The normalized spacial score (nSPS) is 12.6. The lowest BCUT2D eigenvalue weighted by Gasteiger charge is -2.02. The van der Waals surface area contributed by atoms with E-state index in [1.165, 1.54) is 11.3 Å². The number of aromatic nitrogens is 1. The lowest BCUT2D eigenvalue weighted by Crippen LogP contribution is -2.22. The summed E-state index contributed by atoms with van der Waals surface area (Å²) in [5, 5.41) is 2.46. The fourth-order valence-corrected chi connectivity index (χ4v) is 1.78. The first-order valence-electron chi connectivity index (χ1n) is 3.43. The van der Waals surface area contributed by atoms with Crippen molar-refractivity contribution >= 4 is 28.8 Å². The highest BCUT2D eigenvalue weighted by molar-refractivity contribution is 7.12. The summed E-state index contributed by atoms with van der Waals surface area (Å²) < 4.78 is 0. The highest BCUT2D eigenvalue weighted by Crippen LogP contribution is 2.24. The van der Waals surface area contributed by atoms with Gasteiger partial charge in [0.15, 0.2) is 5.38 Å². The van der Waals surface area contributed by atoms with Gasteiger partial charge in [0, 0.05) is 18.1 Å². The molecule has 0 saturated carbocycles. The summed E-state index contributed by atoms with van der Waals surface area (Å²) in [7, 11) is 1.55. The number of hydrogen-bond donors (Lipinski definition) is 1. The van der Waals surface area contributed by atoms with E-state index in [0.717, 1.165) is 4.88 Å². The van der Waals surface area contributed by atoms with Gasteiger partial charge in [0.1, 0.15) is 5.01 Å². The number of alkyl halides is 1. The van der Waals surface area contributed by atoms with Crippen molar-refractivity contribution in [2.75, 3.05) is 7.05 Å². The Morgan fingerprint density at radius 2 is 2.50 bits per heavy atom. The van der Waals surface area contributed by atoms with Crippen molar-refractivity contribution < 1.29 is 4.79 Å². The number of amides is 1. The van der Waals surface area contributed by atoms with Crippen molar-refractivity contribution in [2.24, 2.45) is 0 Å². The standard InChI is InChI=1S/C7H9ClN2OS/c1-4-3-10-7(12-4)5(8)6(11)9-2/h3,5H,1-2H3,(H,9,11). The summed E-state index contributed by atoms with van der Waals surface area (Å²) in [4.78, 5) is 16.1. The Kier molecular flexibility index (Phi) is 3.05. The second-order valence-electron chi connectivity index (χ2n) is 2.29. The van der Waals surface area contributed by atoms with E-state index >= 15 is 0 Å². The number of carbonyl (C=O) groups is 1. The van der Waals surface area contributed by atoms with E-state index < -0.39 is 5.38 Å². The van der Waals surface area contributed by atoms with Gasteiger partial charge in [-0.1, -0.05) is 0 Å². The molecular weight excluding hydrogens is 196 g/mol. The molecule has 1 aromatic rings. The summed E-state index contributed by atoms with van der Waals surface area (Å²) in [6, 6.07) is 0. The molecule has 66 valence electrons. The predicted octanol–water partition coefficient (Wildman–Crippen LogP) is 1.48. The number of hydrogen-bond acceptors (Lipinski definition) is 3. The minimum absolute atomic E-state index is 0.217. The Balaban J connectivity index is 2.77. The van der Waals surface area contributed by atoms with E-state index in [9.17, 15) is 4.79 Å². The minimum Gasteiger partial charge on any atom is -0.358 e. The van der Waals surface area contributed by atoms with Crippen molar-refractivity contribution in [1.29, 1.82) is 0 Å². The van der Waals surface area contributed by atoms with Gasteiger partial charge in [-0.2, -0.15) is 0 Å². The monoisotopic (exact) mass is 204 g/mol. The fraction of sp³-hybridized carbons (Fsp3) is 0.429. The molecule has 0 aromatic carbocycles. The van der Waals surface area contributed by atoms with Crippen LogP contribution in [-0.2, 0) is 4.79 Å². The van der Waals surface area contributed by atoms with Crippen LogP contribution in [0.15, 0.2) is 6.20 Å². The van der Waals surface area contributed by atoms with E-state index in [1.54, 1.807) is 13.2 Å². The van der Waals surface area contributed by atoms with Crippen LogP contribution in [0.2, 0.25) is 0 Å². The molecule has 0 aliphatic heterocycles. The molecule has 5 heteroatoms. The molecule has 1 aromatic heterocycles. The molecule has 0 saturated heterocycles. The Labute approximate surface area is 79.8 Å². The van der Waals surface area contributed by atoms with E-state index in [1.807, 2.05) is 6.92 Å². The lowest BCUT2D eigenvalue weighted by atomic mass is 10.4. The average molecular weight is 205 g/mol. The molecule has 0 fully saturated rings. The van der Waals surface area contributed by atoms with Crippen molar-refractivity contribution in [1.82, 2.24) is 10.3 Å². The van der Waals surface area contributed by atoms with E-state index in [4.69, 9.17) is 11.6 Å². The molecule has 0 spiro atoms. The van der Waals surface area contributed by atoms with E-state index in [2.05, 4.69) is 10.3 Å². The molecule has 1 heterocycles. The third-order valence-electron chi connectivity index (χ3n) is 1.33. The largest absolute Gasteiger partial charge is 0.358 e. The van der Waals surface area contributed by atoms with Crippen molar-refractivity contribution in [3.8, 4) is 0 Å². The van der Waals surface area contributed by atoms with Crippen molar-refractivity contribution in [3.05, 3.63) is 16.1 Å². The van der Waals surface area contributed by atoms with Crippen LogP contribution in [-0.4, -0.2) is 17.9 Å². The molecule has 1 amide bonds. The molecule has 1 atom stereocenters. The van der Waals surface area contributed by atoms with Crippen LogP contribution in [0, 0.1) is 6.92 Å². The Morgan fingerprint density at radius 3 is 2.92 bits per heavy atom. The smallest absolute Gasteiger partial charge is 0.244 e. The first-order valence-corrected chi connectivity index (χ1v) is 4.68. The van der Waals surface area contributed by atoms with Crippen LogP contribution >= 0.6 is 22.9 Å². The molecule has 1 rings (SSSR count). The molecule has 0 bridgehead atoms. The summed E-state index contributed by atoms with van der Waals surface area (Å²) >= 11 is 7.24. The van der Waals surface area contributed by atoms with Crippen LogP contribution in [0.1, 0.15) is 15.3 Å². The number of nitrogens with zero attached hydrogens (tertiary/aromatic N) is 1. The van der Waals surface area contributed by atoms with Gasteiger partial charge in [-0.05, 0) is 6.92 Å². The maximum atomic E-state index is 11.0. The Bertz CT molecular complexity index is 287. The van der Waals surface area contributed by atoms with Crippen LogP contribution in [0.3, 0.4) is 0 Å². The molecule has 3 nitrogen and oxygen atoms in total. The lowest BCUT2D eigenvalue weighted by molar-refractivity contribution is -0.120. The van der Waals surface area contributed by atoms with E-state index in [-0.39, 0.29) is 5.91 Å². The third-order valence-corrected chi connectivity index (χ3v) is 2.84. The first-order chi connectivity index (χ1) is 5.65. The number of halogens is 1. The van der Waals surface area contributed by atoms with Crippen molar-refractivity contribution in [3.63, 3.8) is 0 Å². The zero-order valence-electron chi connectivity index (χ0n) is 6.80. The van der Waals surface area contributed by atoms with Gasteiger partial charge >= 0.3 is 0 Å². The van der Waals surface area contributed by atoms with Gasteiger partial charge in [0.25, 0.3) is 0 Å². The summed E-state index contributed by atoms with van der Waals surface area (Å²) in [6.07, 6.45) is 1.71. The summed E-state index contributed by atoms with van der Waals surface area (Å²) in [5.74, 6) is -0.217.